The molecule has 0 fully saturated rings. The van der Waals surface area contributed by atoms with E-state index in [0.29, 0.717) is 5.69 Å². The zero-order valence-electron chi connectivity index (χ0n) is 14.6. The second-order valence-electron chi connectivity index (χ2n) is 5.84. The van der Waals surface area contributed by atoms with Gasteiger partial charge in [-0.2, -0.15) is 0 Å². The fraction of sp³-hybridized carbons (Fsp3) is 0.200. The van der Waals surface area contributed by atoms with Gasteiger partial charge < -0.3 is 10.5 Å². The van der Waals surface area contributed by atoms with Crippen molar-refractivity contribution in [2.45, 2.75) is 20.8 Å². The van der Waals surface area contributed by atoms with Crippen LogP contribution in [0.1, 0.15) is 41.2 Å². The summed E-state index contributed by atoms with van der Waals surface area (Å²) in [4.78, 5) is 16.1. The molecule has 1 amide bonds. The van der Waals surface area contributed by atoms with Crippen molar-refractivity contribution in [2.75, 3.05) is 7.11 Å². The van der Waals surface area contributed by atoms with Crippen LogP contribution in [0.15, 0.2) is 37.4 Å². The van der Waals surface area contributed by atoms with Crippen LogP contribution < -0.4 is 10.5 Å². The first-order chi connectivity index (χ1) is 11.3. The number of pyridine rings is 1. The molecule has 0 aliphatic heterocycles. The summed E-state index contributed by atoms with van der Waals surface area (Å²) in [6.07, 6.45) is 0. The van der Waals surface area contributed by atoms with Gasteiger partial charge in [-0.15, -0.1) is 0 Å². The Morgan fingerprint density at radius 1 is 1.17 bits per heavy atom. The number of amides is 1. The molecule has 4 nitrogen and oxygen atoms in total. The van der Waals surface area contributed by atoms with Gasteiger partial charge in [0, 0.05) is 5.56 Å². The zero-order valence-corrected chi connectivity index (χ0v) is 14.6. The van der Waals surface area contributed by atoms with Crippen LogP contribution in [0.5, 0.6) is 5.75 Å². The molecule has 24 heavy (non-hydrogen) atoms. The third-order valence-electron chi connectivity index (χ3n) is 3.90. The summed E-state index contributed by atoms with van der Waals surface area (Å²) in [5.41, 5.74) is 11.5. The number of allylic oxidation sites excluding steroid dienone is 2. The monoisotopic (exact) mass is 322 g/mol. The Morgan fingerprint density at radius 3 is 2.33 bits per heavy atom. The van der Waals surface area contributed by atoms with Crippen LogP contribution in [-0.4, -0.2) is 18.0 Å². The third kappa shape index (κ3) is 3.08. The molecule has 0 spiro atoms. The van der Waals surface area contributed by atoms with E-state index in [0.717, 1.165) is 39.1 Å². The second-order valence-corrected chi connectivity index (χ2v) is 5.84. The Labute approximate surface area is 142 Å². The Kier molecular flexibility index (Phi) is 4.88. The summed E-state index contributed by atoms with van der Waals surface area (Å²) in [5.74, 6) is 0.196. The predicted molar refractivity (Wildman–Crippen MR) is 98.9 cm³/mol. The number of methoxy groups -OCH3 is 1. The number of benzene rings is 1. The van der Waals surface area contributed by atoms with Crippen molar-refractivity contribution in [1.29, 1.82) is 0 Å². The van der Waals surface area contributed by atoms with Gasteiger partial charge in [-0.3, -0.25) is 4.79 Å². The van der Waals surface area contributed by atoms with Gasteiger partial charge in [-0.1, -0.05) is 25.3 Å². The molecular formula is C20H22N2O2. The van der Waals surface area contributed by atoms with Gasteiger partial charge in [0.1, 0.15) is 11.4 Å². The molecule has 0 aliphatic rings. The maximum atomic E-state index is 11.7. The molecule has 1 heterocycles. The normalized spacial score (nSPS) is 10.3. The number of rotatable bonds is 5. The van der Waals surface area contributed by atoms with Crippen LogP contribution in [0.25, 0.3) is 22.3 Å². The Bertz CT molecular complexity index is 851. The van der Waals surface area contributed by atoms with Gasteiger partial charge in [0.2, 0.25) is 0 Å². The summed E-state index contributed by atoms with van der Waals surface area (Å²) < 4.78 is 5.42. The first-order valence-corrected chi connectivity index (χ1v) is 7.58. The quantitative estimate of drug-likeness (QED) is 0.896. The highest BCUT2D eigenvalue weighted by Crippen LogP contribution is 2.37. The topological polar surface area (TPSA) is 65.2 Å². The minimum Gasteiger partial charge on any atom is -0.496 e. The number of carbonyl (C=O) groups excluding carboxylic acids is 1. The van der Waals surface area contributed by atoms with Crippen LogP contribution >= 0.6 is 0 Å². The summed E-state index contributed by atoms with van der Waals surface area (Å²) in [6.45, 7) is 13.8. The van der Waals surface area contributed by atoms with Crippen molar-refractivity contribution in [3.8, 4) is 16.9 Å². The molecule has 2 aromatic rings. The highest BCUT2D eigenvalue weighted by Gasteiger charge is 2.19. The standard InChI is InChI=1S/C20H22N2O2/c1-11(2)18-15(14-8-7-9-17(24-6)13(14)5)10-16(20(21)23)22-19(18)12(3)4/h7-10H,1,3H2,2,4-6H3,(H2,21,23). The molecule has 0 bridgehead atoms. The lowest BCUT2D eigenvalue weighted by atomic mass is 9.89. The van der Waals surface area contributed by atoms with E-state index in [2.05, 4.69) is 18.1 Å². The SMILES string of the molecule is C=C(C)c1nc(C(N)=O)cc(-c2cccc(OC)c2C)c1C(=C)C. The number of hydrogen-bond acceptors (Lipinski definition) is 3. The molecule has 4 heteroatoms. The van der Waals surface area contributed by atoms with Crippen molar-refractivity contribution in [3.63, 3.8) is 0 Å². The van der Waals surface area contributed by atoms with E-state index < -0.39 is 5.91 Å². The number of carbonyl (C=O) groups is 1. The van der Waals surface area contributed by atoms with Crippen molar-refractivity contribution in [1.82, 2.24) is 4.98 Å². The molecule has 0 aliphatic carbocycles. The maximum absolute atomic E-state index is 11.7. The summed E-state index contributed by atoms with van der Waals surface area (Å²) >= 11 is 0. The molecule has 0 saturated carbocycles. The van der Waals surface area contributed by atoms with Crippen LogP contribution in [0, 0.1) is 6.92 Å². The Hall–Kier alpha value is -2.88. The van der Waals surface area contributed by atoms with Crippen molar-refractivity contribution in [3.05, 3.63) is 59.9 Å². The van der Waals surface area contributed by atoms with Gasteiger partial charge in [0.25, 0.3) is 5.91 Å². The average molecular weight is 322 g/mol. The molecule has 2 N–H and O–H groups in total. The molecule has 1 aromatic heterocycles. The van der Waals surface area contributed by atoms with Crippen LogP contribution in [0.4, 0.5) is 0 Å². The summed E-state index contributed by atoms with van der Waals surface area (Å²) in [7, 11) is 1.63. The molecule has 0 unspecified atom stereocenters. The summed E-state index contributed by atoms with van der Waals surface area (Å²) in [6, 6.07) is 7.50. The molecule has 0 atom stereocenters. The molecule has 2 rings (SSSR count). The molecule has 124 valence electrons. The Morgan fingerprint density at radius 2 is 1.83 bits per heavy atom. The second kappa shape index (κ2) is 6.71. The van der Waals surface area contributed by atoms with E-state index in [1.54, 1.807) is 13.2 Å². The molecule has 1 aromatic carbocycles. The smallest absolute Gasteiger partial charge is 0.267 e. The van der Waals surface area contributed by atoms with Crippen LogP contribution in [0.2, 0.25) is 0 Å². The van der Waals surface area contributed by atoms with E-state index >= 15 is 0 Å². The highest BCUT2D eigenvalue weighted by molar-refractivity contribution is 5.96. The maximum Gasteiger partial charge on any atom is 0.267 e. The lowest BCUT2D eigenvalue weighted by Gasteiger charge is -2.18. The number of aromatic nitrogens is 1. The number of primary amides is 1. The van der Waals surface area contributed by atoms with Gasteiger partial charge in [0.15, 0.2) is 0 Å². The van der Waals surface area contributed by atoms with Crippen LogP contribution in [0.3, 0.4) is 0 Å². The predicted octanol–water partition coefficient (Wildman–Crippen LogP) is 4.23. The number of nitrogens with zero attached hydrogens (tertiary/aromatic N) is 1. The van der Waals surface area contributed by atoms with Gasteiger partial charge >= 0.3 is 0 Å². The molecule has 0 radical (unpaired) electrons. The number of hydrogen-bond donors (Lipinski definition) is 1. The van der Waals surface area contributed by atoms with Crippen molar-refractivity contribution >= 4 is 17.1 Å². The zero-order chi connectivity index (χ0) is 18.0. The van der Waals surface area contributed by atoms with E-state index in [1.165, 1.54) is 0 Å². The molecule has 0 saturated heterocycles. The summed E-state index contributed by atoms with van der Waals surface area (Å²) in [5, 5.41) is 0. The van der Waals surface area contributed by atoms with Gasteiger partial charge in [-0.05, 0) is 60.7 Å². The lowest BCUT2D eigenvalue weighted by molar-refractivity contribution is 0.0995. The highest BCUT2D eigenvalue weighted by atomic mass is 16.5. The van der Waals surface area contributed by atoms with Crippen molar-refractivity contribution < 1.29 is 9.53 Å². The average Bonchev–Trinajstić information content (AvgIpc) is 2.53. The first kappa shape index (κ1) is 17.5. The minimum absolute atomic E-state index is 0.204. The molecular weight excluding hydrogens is 300 g/mol. The van der Waals surface area contributed by atoms with E-state index in [9.17, 15) is 4.79 Å². The number of ether oxygens (including phenoxy) is 1. The van der Waals surface area contributed by atoms with E-state index in [-0.39, 0.29) is 5.69 Å². The first-order valence-electron chi connectivity index (χ1n) is 7.58. The van der Waals surface area contributed by atoms with E-state index in [1.807, 2.05) is 39.0 Å². The van der Waals surface area contributed by atoms with Gasteiger partial charge in [-0.25, -0.2) is 4.98 Å². The fourth-order valence-electron chi connectivity index (χ4n) is 2.75. The van der Waals surface area contributed by atoms with Crippen molar-refractivity contribution in [2.24, 2.45) is 5.73 Å². The fourth-order valence-corrected chi connectivity index (χ4v) is 2.75. The van der Waals surface area contributed by atoms with Crippen LogP contribution in [-0.2, 0) is 0 Å². The minimum atomic E-state index is -0.576. The van der Waals surface area contributed by atoms with E-state index in [4.69, 9.17) is 10.5 Å². The largest absolute Gasteiger partial charge is 0.496 e. The third-order valence-corrected chi connectivity index (χ3v) is 3.90. The van der Waals surface area contributed by atoms with Gasteiger partial charge in [0.05, 0.1) is 12.8 Å². The lowest BCUT2D eigenvalue weighted by Crippen LogP contribution is -2.15. The number of nitrogens with two attached hydrogens (primary N) is 1. The Balaban J connectivity index is 2.93.